The molecule has 1 heterocycles. The summed E-state index contributed by atoms with van der Waals surface area (Å²) in [6.07, 6.45) is 0.599. The SMILES string of the molecule is Cc1ccc(C)c(S(=O)(=O)NC(=O)[C@@H]2CCC(=O)N2C)c1. The standard InChI is InChI=1S/C14H18N2O4S/c1-9-4-5-10(2)12(8-9)21(19,20)15-14(18)11-6-7-13(17)16(11)3/h4-5,8,11H,6-7H2,1-3H3,(H,15,18)/t11-/m0/s1. The van der Waals surface area contributed by atoms with E-state index in [4.69, 9.17) is 0 Å². The average molecular weight is 310 g/mol. The fraction of sp³-hybridized carbons (Fsp3) is 0.429. The molecule has 0 radical (unpaired) electrons. The highest BCUT2D eigenvalue weighted by atomic mass is 32.2. The Morgan fingerprint density at radius 3 is 2.57 bits per heavy atom. The second-order valence-corrected chi connectivity index (χ2v) is 6.95. The zero-order chi connectivity index (χ0) is 15.8. The minimum absolute atomic E-state index is 0.0860. The third-order valence-corrected chi connectivity index (χ3v) is 5.15. The molecular formula is C14H18N2O4S. The Morgan fingerprint density at radius 1 is 1.33 bits per heavy atom. The topological polar surface area (TPSA) is 83.5 Å². The van der Waals surface area contributed by atoms with Crippen LogP contribution in [0.2, 0.25) is 0 Å². The molecule has 0 saturated carbocycles. The van der Waals surface area contributed by atoms with E-state index in [1.165, 1.54) is 18.0 Å². The van der Waals surface area contributed by atoms with Crippen molar-refractivity contribution < 1.29 is 18.0 Å². The van der Waals surface area contributed by atoms with Crippen molar-refractivity contribution in [3.8, 4) is 0 Å². The molecule has 1 aromatic rings. The molecule has 1 aromatic carbocycles. The summed E-state index contributed by atoms with van der Waals surface area (Å²) in [5.74, 6) is -0.816. The number of rotatable bonds is 3. The van der Waals surface area contributed by atoms with E-state index < -0.39 is 22.0 Å². The van der Waals surface area contributed by atoms with E-state index in [1.54, 1.807) is 26.0 Å². The highest BCUT2D eigenvalue weighted by molar-refractivity contribution is 7.90. The van der Waals surface area contributed by atoms with Gasteiger partial charge in [-0.1, -0.05) is 12.1 Å². The monoisotopic (exact) mass is 310 g/mol. The molecule has 1 saturated heterocycles. The number of nitrogens with one attached hydrogen (secondary N) is 1. The van der Waals surface area contributed by atoms with Gasteiger partial charge in [0.15, 0.2) is 0 Å². The van der Waals surface area contributed by atoms with Gasteiger partial charge in [-0.3, -0.25) is 9.59 Å². The first-order valence-electron chi connectivity index (χ1n) is 6.62. The minimum Gasteiger partial charge on any atom is -0.334 e. The van der Waals surface area contributed by atoms with Crippen LogP contribution in [0, 0.1) is 13.8 Å². The molecule has 0 bridgehead atoms. The zero-order valence-electron chi connectivity index (χ0n) is 12.2. The highest BCUT2D eigenvalue weighted by Gasteiger charge is 2.35. The fourth-order valence-electron chi connectivity index (χ4n) is 2.36. The van der Waals surface area contributed by atoms with E-state index in [2.05, 4.69) is 4.72 Å². The lowest BCUT2D eigenvalue weighted by molar-refractivity contribution is -0.133. The summed E-state index contributed by atoms with van der Waals surface area (Å²) in [6, 6.07) is 4.30. The van der Waals surface area contributed by atoms with Crippen LogP contribution in [-0.2, 0) is 19.6 Å². The molecule has 2 rings (SSSR count). The van der Waals surface area contributed by atoms with E-state index in [0.29, 0.717) is 12.0 Å². The molecule has 2 amide bonds. The number of amides is 2. The number of carbonyl (C=O) groups is 2. The maximum absolute atomic E-state index is 12.3. The zero-order valence-corrected chi connectivity index (χ0v) is 13.0. The number of likely N-dealkylation sites (tertiary alicyclic amines) is 1. The van der Waals surface area contributed by atoms with Gasteiger partial charge in [-0.05, 0) is 37.5 Å². The van der Waals surface area contributed by atoms with E-state index in [9.17, 15) is 18.0 Å². The van der Waals surface area contributed by atoms with Gasteiger partial charge in [-0.25, -0.2) is 13.1 Å². The molecule has 1 fully saturated rings. The largest absolute Gasteiger partial charge is 0.334 e. The van der Waals surface area contributed by atoms with Gasteiger partial charge in [0, 0.05) is 13.5 Å². The van der Waals surface area contributed by atoms with E-state index in [1.807, 2.05) is 0 Å². The van der Waals surface area contributed by atoms with Crippen molar-refractivity contribution in [1.29, 1.82) is 0 Å². The number of hydrogen-bond donors (Lipinski definition) is 1. The van der Waals surface area contributed by atoms with Gasteiger partial charge in [0.1, 0.15) is 6.04 Å². The fourth-order valence-corrected chi connectivity index (χ4v) is 3.71. The maximum Gasteiger partial charge on any atom is 0.264 e. The second-order valence-electron chi connectivity index (χ2n) is 5.30. The molecule has 0 aromatic heterocycles. The van der Waals surface area contributed by atoms with Crippen molar-refractivity contribution in [2.45, 2.75) is 37.6 Å². The number of benzene rings is 1. The molecule has 0 unspecified atom stereocenters. The normalized spacial score (nSPS) is 18.9. The van der Waals surface area contributed by atoms with Crippen molar-refractivity contribution in [2.75, 3.05) is 7.05 Å². The summed E-state index contributed by atoms with van der Waals surface area (Å²) in [5, 5.41) is 0. The molecule has 1 aliphatic rings. The van der Waals surface area contributed by atoms with Crippen LogP contribution in [0.1, 0.15) is 24.0 Å². The summed E-state index contributed by atoms with van der Waals surface area (Å²) >= 11 is 0. The third-order valence-electron chi connectivity index (χ3n) is 3.66. The van der Waals surface area contributed by atoms with Crippen LogP contribution in [0.25, 0.3) is 0 Å². The lowest BCUT2D eigenvalue weighted by atomic mass is 10.2. The van der Waals surface area contributed by atoms with Crippen molar-refractivity contribution in [2.24, 2.45) is 0 Å². The summed E-state index contributed by atoms with van der Waals surface area (Å²) in [7, 11) is -2.42. The number of hydrogen-bond acceptors (Lipinski definition) is 4. The minimum atomic E-state index is -3.93. The van der Waals surface area contributed by atoms with Crippen LogP contribution in [0.5, 0.6) is 0 Å². The van der Waals surface area contributed by atoms with Crippen LogP contribution < -0.4 is 4.72 Å². The predicted molar refractivity (Wildman–Crippen MR) is 77.0 cm³/mol. The Bertz CT molecular complexity index is 697. The number of aryl methyl sites for hydroxylation is 2. The van der Waals surface area contributed by atoms with Crippen LogP contribution in [0.15, 0.2) is 23.1 Å². The lowest BCUT2D eigenvalue weighted by Gasteiger charge is -2.19. The molecule has 114 valence electrons. The van der Waals surface area contributed by atoms with Gasteiger partial charge in [0.25, 0.3) is 15.9 Å². The van der Waals surface area contributed by atoms with Gasteiger partial charge in [-0.2, -0.15) is 0 Å². The molecule has 6 nitrogen and oxygen atoms in total. The van der Waals surface area contributed by atoms with E-state index >= 15 is 0 Å². The smallest absolute Gasteiger partial charge is 0.264 e. The highest BCUT2D eigenvalue weighted by Crippen LogP contribution is 2.19. The van der Waals surface area contributed by atoms with Crippen LogP contribution in [0.3, 0.4) is 0 Å². The molecule has 1 aliphatic heterocycles. The molecular weight excluding hydrogens is 292 g/mol. The Balaban J connectivity index is 2.24. The molecule has 7 heteroatoms. The number of nitrogens with zero attached hydrogens (tertiary/aromatic N) is 1. The first kappa shape index (κ1) is 15.5. The van der Waals surface area contributed by atoms with Gasteiger partial charge < -0.3 is 4.90 Å². The lowest BCUT2D eigenvalue weighted by Crippen LogP contribution is -2.45. The second kappa shape index (κ2) is 5.48. The van der Waals surface area contributed by atoms with Gasteiger partial charge in [-0.15, -0.1) is 0 Å². The van der Waals surface area contributed by atoms with Gasteiger partial charge in [0.2, 0.25) is 5.91 Å². The summed E-state index contributed by atoms with van der Waals surface area (Å²) in [6.45, 7) is 3.45. The molecule has 21 heavy (non-hydrogen) atoms. The molecule has 1 atom stereocenters. The summed E-state index contributed by atoms with van der Waals surface area (Å²) in [5.41, 5.74) is 1.36. The van der Waals surface area contributed by atoms with Crippen LogP contribution >= 0.6 is 0 Å². The quantitative estimate of drug-likeness (QED) is 0.892. The Labute approximate surface area is 124 Å². The Kier molecular flexibility index (Phi) is 4.04. The van der Waals surface area contributed by atoms with Crippen molar-refractivity contribution in [3.63, 3.8) is 0 Å². The van der Waals surface area contributed by atoms with Crippen LogP contribution in [0.4, 0.5) is 0 Å². The predicted octanol–water partition coefficient (Wildman–Crippen LogP) is 0.729. The molecule has 0 spiro atoms. The molecule has 1 N–H and O–H groups in total. The summed E-state index contributed by atoms with van der Waals surface area (Å²) < 4.78 is 26.7. The Hall–Kier alpha value is -1.89. The van der Waals surface area contributed by atoms with Crippen molar-refractivity contribution >= 4 is 21.8 Å². The van der Waals surface area contributed by atoms with Crippen LogP contribution in [-0.4, -0.2) is 38.2 Å². The first-order chi connectivity index (χ1) is 9.72. The van der Waals surface area contributed by atoms with E-state index in [0.717, 1.165) is 5.56 Å². The van der Waals surface area contributed by atoms with Gasteiger partial charge in [0.05, 0.1) is 4.90 Å². The molecule has 0 aliphatic carbocycles. The van der Waals surface area contributed by atoms with Gasteiger partial charge >= 0.3 is 0 Å². The number of sulfonamides is 1. The average Bonchev–Trinajstić information content (AvgIpc) is 2.72. The Morgan fingerprint density at radius 2 is 2.00 bits per heavy atom. The number of carbonyl (C=O) groups excluding carboxylic acids is 2. The van der Waals surface area contributed by atoms with Crippen molar-refractivity contribution in [1.82, 2.24) is 9.62 Å². The third kappa shape index (κ3) is 3.07. The maximum atomic E-state index is 12.3. The summed E-state index contributed by atoms with van der Waals surface area (Å²) in [4.78, 5) is 24.9. The van der Waals surface area contributed by atoms with E-state index in [-0.39, 0.29) is 17.2 Å². The number of likely N-dealkylation sites (N-methyl/N-ethyl adjacent to an activating group) is 1. The van der Waals surface area contributed by atoms with Crippen molar-refractivity contribution in [3.05, 3.63) is 29.3 Å². The first-order valence-corrected chi connectivity index (χ1v) is 8.10.